The fourth-order valence-corrected chi connectivity index (χ4v) is 10.7. The minimum atomic E-state index is -1.99. The van der Waals surface area contributed by atoms with Gasteiger partial charge in [-0.15, -0.1) is 0 Å². The van der Waals surface area contributed by atoms with Crippen LogP contribution < -0.4 is 49.5 Å². The monoisotopic (exact) mass is 1320 g/mol. The third-order valence-electron chi connectivity index (χ3n) is 15.6. The Hall–Kier alpha value is -8.84. The number of carbonyl (C=O) groups excluding carboxylic acids is 13. The Labute approximate surface area is 543 Å². The molecule has 31 heteroatoms. The van der Waals surface area contributed by atoms with Crippen LogP contribution in [-0.2, 0) is 80.0 Å². The molecule has 8 amide bonds. The number of nitrogens with one attached hydrogen (secondary N) is 5. The first kappa shape index (κ1) is 78.4. The number of aliphatic hydroxyl groups excluding tert-OH is 2. The Morgan fingerprint density at radius 3 is 1.69 bits per heavy atom. The molecular weight excluding hydrogens is 1230 g/mol. The van der Waals surface area contributed by atoms with Crippen LogP contribution in [0.1, 0.15) is 116 Å². The number of guanidine groups is 1. The zero-order valence-electron chi connectivity index (χ0n) is 52.6. The van der Waals surface area contributed by atoms with Crippen LogP contribution in [0.25, 0.3) is 0 Å². The van der Waals surface area contributed by atoms with E-state index in [0.717, 1.165) is 4.90 Å². The third kappa shape index (κ3) is 27.1. The highest BCUT2D eigenvalue weighted by atomic mass is 32.1. The average molecular weight is 1320 g/mol. The van der Waals surface area contributed by atoms with E-state index in [-0.39, 0.29) is 93.1 Å². The molecule has 18 N–H and O–H groups in total. The number of rotatable bonds is 43. The fraction of sp³-hybridized carbons (Fsp3) is 0.565. The molecule has 1 saturated heterocycles. The van der Waals surface area contributed by atoms with E-state index in [9.17, 15) is 92.7 Å². The lowest BCUT2D eigenvalue weighted by Gasteiger charge is -2.28. The lowest BCUT2D eigenvalue weighted by Crippen LogP contribution is -2.52. The number of aliphatic carboxylic acids is 1. The van der Waals surface area contributed by atoms with Gasteiger partial charge in [0.15, 0.2) is 29.1 Å². The van der Waals surface area contributed by atoms with Gasteiger partial charge in [-0.2, -0.15) is 12.6 Å². The van der Waals surface area contributed by atoms with Crippen LogP contribution in [0.15, 0.2) is 53.5 Å². The maximum absolute atomic E-state index is 14.1. The summed E-state index contributed by atoms with van der Waals surface area (Å²) in [5, 5.41) is 59.4. The zero-order valence-corrected chi connectivity index (χ0v) is 53.5. The molecule has 2 aromatic rings. The number of carboxylic acid groups (broad SMARTS) is 1. The second-order valence-electron chi connectivity index (χ2n) is 23.8. The number of carbonyl (C=O) groups is 14. The second kappa shape index (κ2) is 38.9. The number of carboxylic acids is 1. The van der Waals surface area contributed by atoms with Gasteiger partial charge >= 0.3 is 5.97 Å². The molecule has 30 nitrogen and oxygen atoms in total. The van der Waals surface area contributed by atoms with E-state index < -0.39 is 194 Å². The number of likely N-dealkylation sites (tertiary alicyclic amines) is 1. The minimum absolute atomic E-state index is 0.0133. The normalized spacial score (nSPS) is 16.0. The summed E-state index contributed by atoms with van der Waals surface area (Å²) in [5.74, 6) is -18.0. The number of amides is 8. The van der Waals surface area contributed by atoms with Gasteiger partial charge in [-0.1, -0.05) is 52.0 Å². The van der Waals surface area contributed by atoms with Crippen molar-refractivity contribution < 1.29 is 92.7 Å². The number of phenolic OH excluding ortho intramolecular Hbond substituents is 2. The van der Waals surface area contributed by atoms with E-state index in [1.54, 1.807) is 19.1 Å². The van der Waals surface area contributed by atoms with Crippen LogP contribution in [-0.4, -0.2) is 187 Å². The van der Waals surface area contributed by atoms with Crippen LogP contribution in [0.2, 0.25) is 0 Å². The van der Waals surface area contributed by atoms with E-state index in [1.807, 2.05) is 13.8 Å². The Morgan fingerprint density at radius 2 is 1.17 bits per heavy atom. The first-order valence-corrected chi connectivity index (χ1v) is 31.0. The summed E-state index contributed by atoms with van der Waals surface area (Å²) in [4.78, 5) is 191. The summed E-state index contributed by atoms with van der Waals surface area (Å²) in [6.07, 6.45) is -3.34. The number of hydrogen-bond acceptors (Lipinski definition) is 20. The number of aliphatic hydroxyl groups is 2. The summed E-state index contributed by atoms with van der Waals surface area (Å²) in [7, 11) is 0. The molecule has 0 aliphatic carbocycles. The lowest BCUT2D eigenvalue weighted by atomic mass is 9.86. The SMILES string of the molecule is CC(C)C[C@H](C)C(=O)C[C@@H](Cc1ccc(O)cc1)C(=O)N[C@@H](CCCN=C(N)N)C(=O)C[C@@H](C)C(=O)N[C@@H](CC(N)=O)C(=O)CCC(=O)N[C@H](C(=O)C[C@@H](CO)C(=O)N1CCC[C@H]1C(=O)NCC(=O)C[C@@H](Cc1ccc(O)cc1)C(=O)N[C@@H](CO)C(N)=O)[C@@H](S)C(=O)O. The van der Waals surface area contributed by atoms with Crippen LogP contribution in [0, 0.1) is 35.5 Å². The van der Waals surface area contributed by atoms with Crippen molar-refractivity contribution in [3.05, 3.63) is 59.7 Å². The summed E-state index contributed by atoms with van der Waals surface area (Å²) in [6, 6.07) is 4.14. The topological polar surface area (TPSA) is 520 Å². The number of aliphatic imine (C=N–C) groups is 1. The molecule has 1 aliphatic rings. The maximum Gasteiger partial charge on any atom is 0.318 e. The Morgan fingerprint density at radius 1 is 0.624 bits per heavy atom. The molecule has 0 aromatic heterocycles. The van der Waals surface area contributed by atoms with Gasteiger partial charge in [0.05, 0.1) is 44.2 Å². The lowest BCUT2D eigenvalue weighted by molar-refractivity contribution is -0.145. The molecule has 0 saturated carbocycles. The number of hydrogen-bond donors (Lipinski definition) is 15. The van der Waals surface area contributed by atoms with E-state index in [4.69, 9.17) is 22.9 Å². The van der Waals surface area contributed by atoms with Gasteiger partial charge < -0.3 is 80.0 Å². The average Bonchev–Trinajstić information content (AvgIpc) is 1.81. The summed E-state index contributed by atoms with van der Waals surface area (Å²) in [5.41, 5.74) is 22.8. The Bertz CT molecular complexity index is 3020. The molecule has 1 fully saturated rings. The number of primary amides is 2. The van der Waals surface area contributed by atoms with Gasteiger partial charge in [0.1, 0.15) is 40.7 Å². The first-order valence-electron chi connectivity index (χ1n) is 30.5. The van der Waals surface area contributed by atoms with Crippen molar-refractivity contribution in [2.45, 2.75) is 153 Å². The number of ketones is 5. The maximum atomic E-state index is 14.1. The molecule has 512 valence electrons. The largest absolute Gasteiger partial charge is 0.508 e. The highest BCUT2D eigenvalue weighted by molar-refractivity contribution is 7.81. The molecule has 93 heavy (non-hydrogen) atoms. The molecule has 0 spiro atoms. The predicted octanol–water partition coefficient (Wildman–Crippen LogP) is -1.94. The number of thiol groups is 1. The van der Waals surface area contributed by atoms with Crippen molar-refractivity contribution in [3.8, 4) is 11.5 Å². The molecule has 0 radical (unpaired) electrons. The van der Waals surface area contributed by atoms with Crippen molar-refractivity contribution in [1.82, 2.24) is 31.5 Å². The van der Waals surface area contributed by atoms with Gasteiger partial charge in [-0.3, -0.25) is 72.1 Å². The van der Waals surface area contributed by atoms with Crippen LogP contribution in [0.5, 0.6) is 11.5 Å². The molecule has 1 heterocycles. The fourth-order valence-electron chi connectivity index (χ4n) is 10.5. The van der Waals surface area contributed by atoms with Crippen LogP contribution in [0.4, 0.5) is 0 Å². The van der Waals surface area contributed by atoms with Gasteiger partial charge in [0.25, 0.3) is 0 Å². The minimum Gasteiger partial charge on any atom is -0.508 e. The van der Waals surface area contributed by atoms with E-state index in [2.05, 4.69) is 44.2 Å². The predicted molar refractivity (Wildman–Crippen MR) is 338 cm³/mol. The van der Waals surface area contributed by atoms with Crippen LogP contribution >= 0.6 is 12.6 Å². The van der Waals surface area contributed by atoms with E-state index in [0.29, 0.717) is 17.5 Å². The highest BCUT2D eigenvalue weighted by Gasteiger charge is 2.41. The van der Waals surface area contributed by atoms with Crippen molar-refractivity contribution in [2.24, 2.45) is 63.4 Å². The molecular formula is C62H89N11O19S. The molecule has 11 atom stereocenters. The Balaban J connectivity index is 1.70. The summed E-state index contributed by atoms with van der Waals surface area (Å²) in [6.45, 7) is 4.54. The number of benzene rings is 2. The molecule has 0 bridgehead atoms. The standard InChI is InChI=1S/C62H89N11O19S/c1-32(2)21-33(3)48(80)26-38(24-36-11-15-41(77)16-12-36)58(88)69-43(7-5-19-67-62(65)66)49(81)22-34(4)56(86)70-44(28-51(63)83)47(79)17-18-52(84)72-53(54(93)61(91)92)50(82)27-39(30-74)60(90)73-20-6-8-46(73)59(89)68-29-42(78)25-37(23-35-9-13-40(76)14-10-35)57(87)71-45(31-75)55(64)85/h9-16,32-34,37-39,43-46,53-54,74-77,93H,5-8,17-31H2,1-4H3,(H2,63,83)(H2,64,85)(H,68,89)(H,69,88)(H,70,86)(H,71,87)(H,72,84)(H,91,92)(H4,65,66,67)/t33-,34+,37+,38+,39-,43-,44-,45-,46-,53+,54+/m0/s1. The summed E-state index contributed by atoms with van der Waals surface area (Å²) >= 11 is 3.99. The third-order valence-corrected chi connectivity index (χ3v) is 16.1. The van der Waals surface area contributed by atoms with Gasteiger partial charge in [0.2, 0.25) is 47.3 Å². The number of phenols is 2. The van der Waals surface area contributed by atoms with Gasteiger partial charge in [-0.05, 0) is 86.3 Å². The van der Waals surface area contributed by atoms with Crippen LogP contribution in [0.3, 0.4) is 0 Å². The smallest absolute Gasteiger partial charge is 0.318 e. The number of Topliss-reactive ketones (excluding diaryl/α,β-unsaturated/α-hetero) is 5. The number of aromatic hydroxyl groups is 2. The molecule has 3 rings (SSSR count). The number of nitrogens with two attached hydrogens (primary N) is 4. The second-order valence-corrected chi connectivity index (χ2v) is 24.3. The Kier molecular flexibility index (Phi) is 32.8. The van der Waals surface area contributed by atoms with E-state index >= 15 is 0 Å². The quantitative estimate of drug-likeness (QED) is 0.0149. The van der Waals surface area contributed by atoms with E-state index in [1.165, 1.54) is 43.3 Å². The van der Waals surface area contributed by atoms with Gasteiger partial charge in [-0.25, -0.2) is 0 Å². The zero-order chi connectivity index (χ0) is 69.8. The van der Waals surface area contributed by atoms with Gasteiger partial charge in [0, 0.05) is 75.3 Å². The first-order chi connectivity index (χ1) is 43.7. The number of nitrogens with zero attached hydrogens (tertiary/aromatic N) is 2. The van der Waals surface area contributed by atoms with Crippen molar-refractivity contribution >= 4 is 101 Å². The highest BCUT2D eigenvalue weighted by Crippen LogP contribution is 2.25. The molecule has 0 unspecified atom stereocenters. The molecule has 1 aliphatic heterocycles. The van der Waals surface area contributed by atoms with Crippen molar-refractivity contribution in [2.75, 3.05) is 32.8 Å². The summed E-state index contributed by atoms with van der Waals surface area (Å²) < 4.78 is 0. The van der Waals surface area contributed by atoms with Crippen molar-refractivity contribution in [3.63, 3.8) is 0 Å². The molecule has 2 aromatic carbocycles. The van der Waals surface area contributed by atoms with Crippen molar-refractivity contribution in [1.29, 1.82) is 0 Å².